The predicted molar refractivity (Wildman–Crippen MR) is 76.9 cm³/mol. The lowest BCUT2D eigenvalue weighted by atomic mass is 10.0. The van der Waals surface area contributed by atoms with Crippen LogP contribution in [0.25, 0.3) is 0 Å². The third-order valence-corrected chi connectivity index (χ3v) is 4.24. The molecule has 0 saturated heterocycles. The Labute approximate surface area is 120 Å². The van der Waals surface area contributed by atoms with Gasteiger partial charge in [0.15, 0.2) is 0 Å². The monoisotopic (exact) mass is 281 g/mol. The summed E-state index contributed by atoms with van der Waals surface area (Å²) in [6.07, 6.45) is 2.19. The molecular weight excluding hydrogens is 257 g/mol. The quantitative estimate of drug-likeness (QED) is 0.870. The first-order chi connectivity index (χ1) is 9.47. The number of likely N-dealkylation sites (N-methyl/N-ethyl adjacent to an activating group) is 1. The lowest BCUT2D eigenvalue weighted by Crippen LogP contribution is -2.33. The zero-order valence-corrected chi connectivity index (χ0v) is 12.2. The van der Waals surface area contributed by atoms with Crippen molar-refractivity contribution in [3.05, 3.63) is 35.1 Å². The molecule has 3 nitrogen and oxygen atoms in total. The van der Waals surface area contributed by atoms with Crippen LogP contribution in [-0.4, -0.2) is 41.4 Å². The molecule has 1 aromatic carbocycles. The average Bonchev–Trinajstić information content (AvgIpc) is 2.74. The van der Waals surface area contributed by atoms with Gasteiger partial charge in [-0.1, -0.05) is 12.5 Å². The van der Waals surface area contributed by atoms with Crippen molar-refractivity contribution < 1.29 is 14.6 Å². The summed E-state index contributed by atoms with van der Waals surface area (Å²) in [6.45, 7) is 3.09. The van der Waals surface area contributed by atoms with Gasteiger partial charge in [-0.2, -0.15) is 0 Å². The van der Waals surface area contributed by atoms with E-state index >= 15 is 0 Å². The first-order valence-electron chi connectivity index (χ1n) is 7.28. The van der Waals surface area contributed by atoms with E-state index < -0.39 is 6.10 Å². The minimum atomic E-state index is -0.626. The minimum Gasteiger partial charge on any atom is -0.393 e. The summed E-state index contributed by atoms with van der Waals surface area (Å²) in [5, 5.41) is 20.1. The van der Waals surface area contributed by atoms with Crippen molar-refractivity contribution >= 4 is 0 Å². The second kappa shape index (κ2) is 6.66. The van der Waals surface area contributed by atoms with Gasteiger partial charge < -0.3 is 15.1 Å². The van der Waals surface area contributed by atoms with Gasteiger partial charge in [-0.25, -0.2) is 4.39 Å². The van der Waals surface area contributed by atoms with Crippen molar-refractivity contribution in [1.29, 1.82) is 0 Å². The fourth-order valence-corrected chi connectivity index (χ4v) is 3.11. The van der Waals surface area contributed by atoms with Crippen molar-refractivity contribution in [2.24, 2.45) is 5.92 Å². The van der Waals surface area contributed by atoms with E-state index in [-0.39, 0.29) is 11.9 Å². The van der Waals surface area contributed by atoms with Crippen LogP contribution in [0, 0.1) is 18.7 Å². The third-order valence-electron chi connectivity index (χ3n) is 4.24. The molecule has 0 amide bonds. The van der Waals surface area contributed by atoms with Gasteiger partial charge in [0, 0.05) is 13.1 Å². The molecule has 4 heteroatoms. The van der Waals surface area contributed by atoms with Crippen LogP contribution >= 0.6 is 0 Å². The van der Waals surface area contributed by atoms with Crippen LogP contribution in [0.3, 0.4) is 0 Å². The molecular formula is C16H24FNO2. The SMILES string of the molecule is Cc1cc(F)ccc1C(O)CN(C)CC1CCCC1O. The van der Waals surface area contributed by atoms with E-state index in [2.05, 4.69) is 0 Å². The molecule has 1 aliphatic carbocycles. The Kier molecular flexibility index (Phi) is 5.13. The van der Waals surface area contributed by atoms with Gasteiger partial charge >= 0.3 is 0 Å². The van der Waals surface area contributed by atoms with E-state index in [0.29, 0.717) is 12.5 Å². The van der Waals surface area contributed by atoms with Crippen LogP contribution in [-0.2, 0) is 0 Å². The molecule has 1 aromatic rings. The molecule has 0 radical (unpaired) electrons. The molecule has 0 aromatic heterocycles. The van der Waals surface area contributed by atoms with Gasteiger partial charge in [0.05, 0.1) is 12.2 Å². The standard InChI is InChI=1S/C16H24FNO2/c1-11-8-13(17)6-7-14(11)16(20)10-18(2)9-12-4-3-5-15(12)19/h6-8,12,15-16,19-20H,3-5,9-10H2,1-2H3. The molecule has 3 atom stereocenters. The van der Waals surface area contributed by atoms with Gasteiger partial charge in [-0.15, -0.1) is 0 Å². The molecule has 1 aliphatic rings. The maximum absolute atomic E-state index is 13.1. The summed E-state index contributed by atoms with van der Waals surface area (Å²) < 4.78 is 13.1. The van der Waals surface area contributed by atoms with Crippen LogP contribution in [0.15, 0.2) is 18.2 Å². The van der Waals surface area contributed by atoms with Crippen LogP contribution in [0.5, 0.6) is 0 Å². The Morgan fingerprint density at radius 1 is 1.40 bits per heavy atom. The fourth-order valence-electron chi connectivity index (χ4n) is 3.11. The Balaban J connectivity index is 1.91. The van der Waals surface area contributed by atoms with E-state index in [1.807, 2.05) is 18.9 Å². The fraction of sp³-hybridized carbons (Fsp3) is 0.625. The molecule has 20 heavy (non-hydrogen) atoms. The molecule has 1 saturated carbocycles. The van der Waals surface area contributed by atoms with Crippen LogP contribution in [0.1, 0.15) is 36.5 Å². The number of nitrogens with zero attached hydrogens (tertiary/aromatic N) is 1. The summed E-state index contributed by atoms with van der Waals surface area (Å²) in [6, 6.07) is 4.47. The topological polar surface area (TPSA) is 43.7 Å². The Hall–Kier alpha value is -0.970. The van der Waals surface area contributed by atoms with Crippen molar-refractivity contribution in [2.45, 2.75) is 38.4 Å². The maximum Gasteiger partial charge on any atom is 0.123 e. The number of hydrogen-bond donors (Lipinski definition) is 2. The van der Waals surface area contributed by atoms with Crippen LogP contribution in [0.2, 0.25) is 0 Å². The second-order valence-corrected chi connectivity index (χ2v) is 6.00. The number of benzene rings is 1. The highest BCUT2D eigenvalue weighted by Gasteiger charge is 2.26. The lowest BCUT2D eigenvalue weighted by Gasteiger charge is -2.26. The predicted octanol–water partition coefficient (Wildman–Crippen LogP) is 2.26. The number of rotatable bonds is 5. The first-order valence-corrected chi connectivity index (χ1v) is 7.28. The summed E-state index contributed by atoms with van der Waals surface area (Å²) >= 11 is 0. The Morgan fingerprint density at radius 2 is 2.15 bits per heavy atom. The molecule has 112 valence electrons. The molecule has 2 N–H and O–H groups in total. The average molecular weight is 281 g/mol. The van der Waals surface area contributed by atoms with E-state index in [0.717, 1.165) is 36.9 Å². The zero-order chi connectivity index (χ0) is 14.7. The lowest BCUT2D eigenvalue weighted by molar-refractivity contribution is 0.0819. The number of aliphatic hydroxyl groups excluding tert-OH is 2. The summed E-state index contributed by atoms with van der Waals surface area (Å²) in [5.74, 6) is 0.0300. The van der Waals surface area contributed by atoms with Crippen LogP contribution < -0.4 is 0 Å². The zero-order valence-electron chi connectivity index (χ0n) is 12.2. The smallest absolute Gasteiger partial charge is 0.123 e. The summed E-state index contributed by atoms with van der Waals surface area (Å²) in [7, 11) is 1.95. The molecule has 0 heterocycles. The Bertz CT molecular complexity index is 452. The van der Waals surface area contributed by atoms with Gasteiger partial charge in [0.25, 0.3) is 0 Å². The molecule has 0 aliphatic heterocycles. The number of hydrogen-bond acceptors (Lipinski definition) is 3. The largest absolute Gasteiger partial charge is 0.393 e. The highest BCUT2D eigenvalue weighted by atomic mass is 19.1. The van der Waals surface area contributed by atoms with E-state index in [1.54, 1.807) is 6.07 Å². The normalized spacial score (nSPS) is 24.3. The van der Waals surface area contributed by atoms with Crippen LogP contribution in [0.4, 0.5) is 4.39 Å². The minimum absolute atomic E-state index is 0.206. The molecule has 1 fully saturated rings. The number of aryl methyl sites for hydroxylation is 1. The van der Waals surface area contributed by atoms with E-state index in [9.17, 15) is 14.6 Å². The van der Waals surface area contributed by atoms with E-state index in [1.165, 1.54) is 12.1 Å². The maximum atomic E-state index is 13.1. The Morgan fingerprint density at radius 3 is 2.75 bits per heavy atom. The second-order valence-electron chi connectivity index (χ2n) is 6.00. The summed E-state index contributed by atoms with van der Waals surface area (Å²) in [5.41, 5.74) is 1.54. The van der Waals surface area contributed by atoms with Crippen molar-refractivity contribution in [3.63, 3.8) is 0 Å². The van der Waals surface area contributed by atoms with Crippen molar-refractivity contribution in [1.82, 2.24) is 4.90 Å². The highest BCUT2D eigenvalue weighted by molar-refractivity contribution is 5.28. The van der Waals surface area contributed by atoms with Gasteiger partial charge in [-0.3, -0.25) is 0 Å². The highest BCUT2D eigenvalue weighted by Crippen LogP contribution is 2.27. The molecule has 3 unspecified atom stereocenters. The van der Waals surface area contributed by atoms with Crippen molar-refractivity contribution in [2.75, 3.05) is 20.1 Å². The van der Waals surface area contributed by atoms with Gasteiger partial charge in [-0.05, 0) is 56.0 Å². The van der Waals surface area contributed by atoms with Gasteiger partial charge in [0.2, 0.25) is 0 Å². The van der Waals surface area contributed by atoms with Crippen molar-refractivity contribution in [3.8, 4) is 0 Å². The third kappa shape index (κ3) is 3.78. The van der Waals surface area contributed by atoms with E-state index in [4.69, 9.17) is 0 Å². The molecule has 0 spiro atoms. The first kappa shape index (κ1) is 15.4. The molecule has 2 rings (SSSR count). The summed E-state index contributed by atoms with van der Waals surface area (Å²) in [4.78, 5) is 2.05. The molecule has 0 bridgehead atoms. The van der Waals surface area contributed by atoms with Gasteiger partial charge in [0.1, 0.15) is 5.82 Å². The number of aliphatic hydroxyl groups is 2. The number of halogens is 1.